The fourth-order valence-electron chi connectivity index (χ4n) is 3.63. The maximum atomic E-state index is 13.3. The number of aryl methyl sites for hydroxylation is 1. The zero-order valence-corrected chi connectivity index (χ0v) is 15.5. The average Bonchev–Trinajstić information content (AvgIpc) is 3.01. The SMILES string of the molecule is CC(C)CN1CCC(N[C@H](c2ccc(F)cc2)c2ccn(C)n2)CC1. The summed E-state index contributed by atoms with van der Waals surface area (Å²) in [5.74, 6) is 0.510. The lowest BCUT2D eigenvalue weighted by molar-refractivity contribution is 0.176. The molecule has 5 heteroatoms. The second kappa shape index (κ2) is 8.11. The van der Waals surface area contributed by atoms with E-state index in [0.29, 0.717) is 12.0 Å². The molecule has 0 aliphatic carbocycles. The molecule has 0 bridgehead atoms. The van der Waals surface area contributed by atoms with Crippen molar-refractivity contribution < 1.29 is 4.39 Å². The molecular weight excluding hydrogens is 315 g/mol. The van der Waals surface area contributed by atoms with Crippen LogP contribution in [-0.4, -0.2) is 40.4 Å². The zero-order chi connectivity index (χ0) is 17.8. The van der Waals surface area contributed by atoms with E-state index in [4.69, 9.17) is 0 Å². The first-order valence-corrected chi connectivity index (χ1v) is 9.24. The number of piperidine rings is 1. The Balaban J connectivity index is 1.70. The Morgan fingerprint density at radius 2 is 1.84 bits per heavy atom. The molecule has 0 radical (unpaired) electrons. The van der Waals surface area contributed by atoms with Gasteiger partial charge in [-0.15, -0.1) is 0 Å². The number of halogens is 1. The van der Waals surface area contributed by atoms with Gasteiger partial charge in [0.15, 0.2) is 0 Å². The first kappa shape index (κ1) is 18.1. The second-order valence-corrected chi connectivity index (χ2v) is 7.53. The van der Waals surface area contributed by atoms with Gasteiger partial charge in [-0.05, 0) is 55.6 Å². The monoisotopic (exact) mass is 344 g/mol. The summed E-state index contributed by atoms with van der Waals surface area (Å²) in [5.41, 5.74) is 2.04. The molecule has 1 atom stereocenters. The summed E-state index contributed by atoms with van der Waals surface area (Å²) in [6.07, 6.45) is 4.23. The lowest BCUT2D eigenvalue weighted by atomic mass is 9.98. The molecule has 1 saturated heterocycles. The fourth-order valence-corrected chi connectivity index (χ4v) is 3.63. The van der Waals surface area contributed by atoms with Gasteiger partial charge in [-0.3, -0.25) is 4.68 Å². The molecule has 0 amide bonds. The minimum atomic E-state index is -0.203. The number of hydrogen-bond acceptors (Lipinski definition) is 3. The van der Waals surface area contributed by atoms with Gasteiger partial charge in [0.1, 0.15) is 5.82 Å². The van der Waals surface area contributed by atoms with Crippen molar-refractivity contribution in [2.24, 2.45) is 13.0 Å². The summed E-state index contributed by atoms with van der Waals surface area (Å²) in [6, 6.07) is 9.26. The summed E-state index contributed by atoms with van der Waals surface area (Å²) in [5, 5.41) is 8.35. The van der Waals surface area contributed by atoms with Crippen molar-refractivity contribution in [3.8, 4) is 0 Å². The molecule has 25 heavy (non-hydrogen) atoms. The van der Waals surface area contributed by atoms with Crippen molar-refractivity contribution in [1.29, 1.82) is 0 Å². The Morgan fingerprint density at radius 1 is 1.16 bits per heavy atom. The molecule has 1 N–H and O–H groups in total. The number of aromatic nitrogens is 2. The predicted octanol–water partition coefficient (Wildman–Crippen LogP) is 3.36. The van der Waals surface area contributed by atoms with Gasteiger partial charge in [0.05, 0.1) is 11.7 Å². The van der Waals surface area contributed by atoms with Crippen LogP contribution in [0.15, 0.2) is 36.5 Å². The first-order chi connectivity index (χ1) is 12.0. The largest absolute Gasteiger partial charge is 0.303 e. The number of benzene rings is 1. The number of nitrogens with one attached hydrogen (secondary N) is 1. The van der Waals surface area contributed by atoms with Crippen LogP contribution in [0.4, 0.5) is 4.39 Å². The van der Waals surface area contributed by atoms with E-state index in [2.05, 4.69) is 29.2 Å². The molecular formula is C20H29FN4. The van der Waals surface area contributed by atoms with E-state index in [1.54, 1.807) is 0 Å². The molecule has 1 fully saturated rings. The van der Waals surface area contributed by atoms with Gasteiger partial charge in [-0.25, -0.2) is 4.39 Å². The molecule has 0 spiro atoms. The van der Waals surface area contributed by atoms with Crippen LogP contribution >= 0.6 is 0 Å². The molecule has 2 heterocycles. The Morgan fingerprint density at radius 3 is 2.40 bits per heavy atom. The highest BCUT2D eigenvalue weighted by Gasteiger charge is 2.25. The molecule has 136 valence electrons. The topological polar surface area (TPSA) is 33.1 Å². The van der Waals surface area contributed by atoms with E-state index < -0.39 is 0 Å². The standard InChI is InChI=1S/C20H29FN4/c1-15(2)14-25-12-8-18(9-13-25)22-20(19-10-11-24(3)23-19)16-4-6-17(21)7-5-16/h4-7,10-11,15,18,20,22H,8-9,12-14H2,1-3H3/t20-/m1/s1. The summed E-state index contributed by atoms with van der Waals surface area (Å²) >= 11 is 0. The van der Waals surface area contributed by atoms with Gasteiger partial charge >= 0.3 is 0 Å². The van der Waals surface area contributed by atoms with E-state index in [9.17, 15) is 4.39 Å². The van der Waals surface area contributed by atoms with Crippen LogP contribution in [0.5, 0.6) is 0 Å². The van der Waals surface area contributed by atoms with Crippen molar-refractivity contribution >= 4 is 0 Å². The summed E-state index contributed by atoms with van der Waals surface area (Å²) in [7, 11) is 1.93. The second-order valence-electron chi connectivity index (χ2n) is 7.53. The first-order valence-electron chi connectivity index (χ1n) is 9.24. The van der Waals surface area contributed by atoms with Crippen LogP contribution < -0.4 is 5.32 Å². The molecule has 0 unspecified atom stereocenters. The van der Waals surface area contributed by atoms with Crippen LogP contribution in [0.2, 0.25) is 0 Å². The predicted molar refractivity (Wildman–Crippen MR) is 98.9 cm³/mol. The molecule has 1 aromatic heterocycles. The maximum absolute atomic E-state index is 13.3. The zero-order valence-electron chi connectivity index (χ0n) is 15.5. The Kier molecular flexibility index (Phi) is 5.86. The van der Waals surface area contributed by atoms with Crippen LogP contribution in [0.3, 0.4) is 0 Å². The van der Waals surface area contributed by atoms with E-state index in [1.165, 1.54) is 18.7 Å². The van der Waals surface area contributed by atoms with E-state index in [0.717, 1.165) is 37.2 Å². The summed E-state index contributed by atoms with van der Waals surface area (Å²) < 4.78 is 15.1. The van der Waals surface area contributed by atoms with Gasteiger partial charge in [0.25, 0.3) is 0 Å². The Hall–Kier alpha value is -1.72. The van der Waals surface area contributed by atoms with Gasteiger partial charge in [-0.1, -0.05) is 26.0 Å². The van der Waals surface area contributed by atoms with Crippen LogP contribution in [0.25, 0.3) is 0 Å². The van der Waals surface area contributed by atoms with Crippen molar-refractivity contribution in [2.75, 3.05) is 19.6 Å². The number of hydrogen-bond donors (Lipinski definition) is 1. The number of likely N-dealkylation sites (tertiary alicyclic amines) is 1. The summed E-state index contributed by atoms with van der Waals surface area (Å²) in [6.45, 7) is 7.99. The van der Waals surface area contributed by atoms with Gasteiger partial charge < -0.3 is 10.2 Å². The average molecular weight is 344 g/mol. The minimum absolute atomic E-state index is 0.00319. The smallest absolute Gasteiger partial charge is 0.123 e. The van der Waals surface area contributed by atoms with E-state index >= 15 is 0 Å². The van der Waals surface area contributed by atoms with Crippen LogP contribution in [0, 0.1) is 11.7 Å². The molecule has 2 aromatic rings. The fraction of sp³-hybridized carbons (Fsp3) is 0.550. The Bertz CT molecular complexity index is 657. The lowest BCUT2D eigenvalue weighted by Gasteiger charge is -2.35. The Labute approximate surface area is 150 Å². The van der Waals surface area contributed by atoms with Crippen molar-refractivity contribution in [3.63, 3.8) is 0 Å². The van der Waals surface area contributed by atoms with Crippen LogP contribution in [-0.2, 0) is 7.05 Å². The highest BCUT2D eigenvalue weighted by molar-refractivity contribution is 5.27. The molecule has 1 aliphatic heterocycles. The molecule has 0 saturated carbocycles. The highest BCUT2D eigenvalue weighted by Crippen LogP contribution is 2.24. The van der Waals surface area contributed by atoms with Crippen molar-refractivity contribution in [3.05, 3.63) is 53.6 Å². The molecule has 3 rings (SSSR count). The van der Waals surface area contributed by atoms with Crippen molar-refractivity contribution in [2.45, 2.75) is 38.8 Å². The van der Waals surface area contributed by atoms with Gasteiger partial charge in [0, 0.05) is 25.8 Å². The van der Waals surface area contributed by atoms with E-state index in [1.807, 2.05) is 36.1 Å². The van der Waals surface area contributed by atoms with Crippen molar-refractivity contribution in [1.82, 2.24) is 20.0 Å². The number of rotatable bonds is 6. The third-order valence-corrected chi connectivity index (χ3v) is 4.85. The molecule has 4 nitrogen and oxygen atoms in total. The van der Waals surface area contributed by atoms with E-state index in [-0.39, 0.29) is 11.9 Å². The third-order valence-electron chi connectivity index (χ3n) is 4.85. The third kappa shape index (κ3) is 4.89. The van der Waals surface area contributed by atoms with Crippen LogP contribution in [0.1, 0.15) is 44.0 Å². The number of nitrogens with zero attached hydrogens (tertiary/aromatic N) is 3. The molecule has 1 aliphatic rings. The summed E-state index contributed by atoms with van der Waals surface area (Å²) in [4.78, 5) is 2.55. The highest BCUT2D eigenvalue weighted by atomic mass is 19.1. The van der Waals surface area contributed by atoms with Gasteiger partial charge in [-0.2, -0.15) is 5.10 Å². The quantitative estimate of drug-likeness (QED) is 0.872. The van der Waals surface area contributed by atoms with Gasteiger partial charge in [0.2, 0.25) is 0 Å². The molecule has 1 aromatic carbocycles. The maximum Gasteiger partial charge on any atom is 0.123 e. The minimum Gasteiger partial charge on any atom is -0.303 e. The lowest BCUT2D eigenvalue weighted by Crippen LogP contribution is -2.44. The normalized spacial score (nSPS) is 18.0.